The molecule has 1 aliphatic heterocycles. The van der Waals surface area contributed by atoms with E-state index in [4.69, 9.17) is 27.4 Å². The van der Waals surface area contributed by atoms with E-state index in [9.17, 15) is 0 Å². The third kappa shape index (κ3) is 5.49. The summed E-state index contributed by atoms with van der Waals surface area (Å²) < 4.78 is 18.5. The van der Waals surface area contributed by atoms with Crippen molar-refractivity contribution in [1.82, 2.24) is 0 Å². The Balaban J connectivity index is 3.11. The van der Waals surface area contributed by atoms with E-state index >= 15 is 0 Å². The number of rotatable bonds is 11. The molecular formula is C16H34BNO3P2S. The summed E-state index contributed by atoms with van der Waals surface area (Å²) in [6.45, 7) is 6.43. The fourth-order valence-electron chi connectivity index (χ4n) is 2.88. The molecule has 0 aromatic carbocycles. The second-order valence-electron chi connectivity index (χ2n) is 6.30. The Labute approximate surface area is 157 Å². The lowest BCUT2D eigenvalue weighted by molar-refractivity contribution is 0.0575. The largest absolute Gasteiger partial charge is 0.379 e. The van der Waals surface area contributed by atoms with E-state index < -0.39 is 18.6 Å². The van der Waals surface area contributed by atoms with Crippen LogP contribution in [0.1, 0.15) is 46.0 Å². The van der Waals surface area contributed by atoms with Gasteiger partial charge in [-0.05, 0) is 31.7 Å². The van der Waals surface area contributed by atoms with Gasteiger partial charge in [-0.15, -0.1) is 0 Å². The minimum absolute atomic E-state index is 0.198. The molecule has 140 valence electrons. The third-order valence-corrected chi connectivity index (χ3v) is 9.35. The lowest BCUT2D eigenvalue weighted by Crippen LogP contribution is -2.53. The number of nitrogens with two attached hydrogens (primary N) is 1. The van der Waals surface area contributed by atoms with E-state index in [-0.39, 0.29) is 12.2 Å². The molecule has 1 heterocycles. The van der Waals surface area contributed by atoms with Gasteiger partial charge in [-0.2, -0.15) is 12.6 Å². The van der Waals surface area contributed by atoms with Gasteiger partial charge in [0.1, 0.15) is 21.3 Å². The molecule has 4 nitrogen and oxygen atoms in total. The number of ether oxygens (including phenoxy) is 1. The van der Waals surface area contributed by atoms with E-state index in [1.54, 1.807) is 7.11 Å². The standard InChI is InChI=1S/C16H34BNO3P2S/c1-5-7-9-11-23(19-3,10-8-6-2)21-14-13(12-24)20-15(17)16(14,18)22-4/h11,13-15,22,24H,5-10,12,18H2,1-4H3/t13?,14-,15?,16?,23?/m0/s1. The van der Waals surface area contributed by atoms with Crippen LogP contribution < -0.4 is 5.73 Å². The molecule has 1 saturated heterocycles. The van der Waals surface area contributed by atoms with Crippen LogP contribution in [0.15, 0.2) is 0 Å². The van der Waals surface area contributed by atoms with Crippen molar-refractivity contribution in [2.75, 3.05) is 25.7 Å². The van der Waals surface area contributed by atoms with Crippen LogP contribution in [0.5, 0.6) is 0 Å². The van der Waals surface area contributed by atoms with Crippen molar-refractivity contribution in [3.8, 4) is 0 Å². The quantitative estimate of drug-likeness (QED) is 0.244. The molecule has 2 N–H and O–H groups in total. The first-order valence-electron chi connectivity index (χ1n) is 8.88. The highest BCUT2D eigenvalue weighted by Crippen LogP contribution is 2.55. The molecule has 0 aromatic heterocycles. The van der Waals surface area contributed by atoms with Crippen molar-refractivity contribution in [1.29, 1.82) is 0 Å². The molecule has 6 atom stereocenters. The van der Waals surface area contributed by atoms with Crippen LogP contribution in [0, 0.1) is 0 Å². The van der Waals surface area contributed by atoms with Crippen molar-refractivity contribution in [2.45, 2.75) is 69.4 Å². The maximum absolute atomic E-state index is 6.64. The summed E-state index contributed by atoms with van der Waals surface area (Å²) in [5.41, 5.74) is 6.61. The minimum Gasteiger partial charge on any atom is -0.379 e. The Bertz CT molecular complexity index is 430. The molecular weight excluding hydrogens is 359 g/mol. The number of hydrogen-bond donors (Lipinski definition) is 2. The topological polar surface area (TPSA) is 53.7 Å². The molecule has 0 bridgehead atoms. The van der Waals surface area contributed by atoms with Crippen molar-refractivity contribution in [3.05, 3.63) is 0 Å². The maximum atomic E-state index is 6.64. The first-order valence-corrected chi connectivity index (χ1v) is 12.9. The molecule has 24 heavy (non-hydrogen) atoms. The van der Waals surface area contributed by atoms with Crippen LogP contribution in [0.3, 0.4) is 0 Å². The number of thiol groups is 1. The Morgan fingerprint density at radius 1 is 1.38 bits per heavy atom. The van der Waals surface area contributed by atoms with E-state index in [1.165, 1.54) is 0 Å². The highest BCUT2D eigenvalue weighted by Gasteiger charge is 2.52. The van der Waals surface area contributed by atoms with Crippen LogP contribution in [-0.4, -0.2) is 62.8 Å². The molecule has 1 aliphatic rings. The van der Waals surface area contributed by atoms with Gasteiger partial charge in [-0.1, -0.05) is 35.3 Å². The van der Waals surface area contributed by atoms with Gasteiger partial charge in [0, 0.05) is 25.0 Å². The average molecular weight is 393 g/mol. The van der Waals surface area contributed by atoms with Crippen LogP contribution in [-0.2, 0) is 13.8 Å². The number of hydrogen-bond acceptors (Lipinski definition) is 5. The van der Waals surface area contributed by atoms with Crippen molar-refractivity contribution in [3.63, 3.8) is 0 Å². The normalized spacial score (nSPS) is 33.2. The van der Waals surface area contributed by atoms with Gasteiger partial charge < -0.3 is 19.5 Å². The first-order chi connectivity index (χ1) is 11.4. The predicted octanol–water partition coefficient (Wildman–Crippen LogP) is 3.44. The SMILES string of the molecule is [B]C1OC(CS)[C@H](OP(=CCCCC)(CCCC)OC)C1(N)PC. The van der Waals surface area contributed by atoms with Gasteiger partial charge in [0.15, 0.2) is 0 Å². The second kappa shape index (κ2) is 11.0. The van der Waals surface area contributed by atoms with Gasteiger partial charge in [-0.25, -0.2) is 0 Å². The highest BCUT2D eigenvalue weighted by molar-refractivity contribution is 7.80. The summed E-state index contributed by atoms with van der Waals surface area (Å²) in [5.74, 6) is 2.80. The van der Waals surface area contributed by atoms with Crippen LogP contribution in [0.4, 0.5) is 0 Å². The monoisotopic (exact) mass is 393 g/mol. The Morgan fingerprint density at radius 3 is 2.54 bits per heavy atom. The zero-order valence-corrected chi connectivity index (χ0v) is 18.3. The Kier molecular flexibility index (Phi) is 10.5. The Hall–Kier alpha value is 0.985. The molecule has 0 aromatic rings. The zero-order valence-electron chi connectivity index (χ0n) is 15.5. The van der Waals surface area contributed by atoms with E-state index in [0.29, 0.717) is 14.3 Å². The molecule has 0 saturated carbocycles. The van der Waals surface area contributed by atoms with Crippen LogP contribution >= 0.6 is 28.5 Å². The third-order valence-electron chi connectivity index (χ3n) is 4.60. The Morgan fingerprint density at radius 2 is 2.04 bits per heavy atom. The van der Waals surface area contributed by atoms with E-state index in [2.05, 4.69) is 38.9 Å². The molecule has 1 fully saturated rings. The first kappa shape index (κ1) is 23.0. The number of unbranched alkanes of at least 4 members (excludes halogenated alkanes) is 3. The second-order valence-corrected chi connectivity index (χ2v) is 10.9. The lowest BCUT2D eigenvalue weighted by atomic mass is 9.90. The molecule has 2 radical (unpaired) electrons. The zero-order chi connectivity index (χ0) is 18.2. The minimum atomic E-state index is -2.11. The van der Waals surface area contributed by atoms with E-state index in [1.807, 2.05) is 0 Å². The van der Waals surface area contributed by atoms with Crippen molar-refractivity contribution in [2.24, 2.45) is 5.73 Å². The molecule has 5 unspecified atom stereocenters. The summed E-state index contributed by atoms with van der Waals surface area (Å²) in [4.78, 5) is 0. The summed E-state index contributed by atoms with van der Waals surface area (Å²) >= 11 is 4.42. The lowest BCUT2D eigenvalue weighted by Gasteiger charge is -2.38. The molecule has 0 amide bonds. The van der Waals surface area contributed by atoms with Gasteiger partial charge in [0.25, 0.3) is 0 Å². The highest BCUT2D eigenvalue weighted by atomic mass is 32.1. The van der Waals surface area contributed by atoms with Crippen LogP contribution in [0.2, 0.25) is 0 Å². The van der Waals surface area contributed by atoms with Gasteiger partial charge in [0.05, 0.1) is 11.4 Å². The van der Waals surface area contributed by atoms with Gasteiger partial charge in [-0.3, -0.25) is 0 Å². The molecule has 8 heteroatoms. The smallest absolute Gasteiger partial charge is 0.120 e. The molecule has 1 rings (SSSR count). The summed E-state index contributed by atoms with van der Waals surface area (Å²) in [7, 11) is 6.23. The fraction of sp³-hybridized carbons (Fsp3) is 0.938. The van der Waals surface area contributed by atoms with Gasteiger partial charge >= 0.3 is 0 Å². The fourth-order valence-corrected chi connectivity index (χ4v) is 6.96. The van der Waals surface area contributed by atoms with Gasteiger partial charge in [0.2, 0.25) is 0 Å². The molecule has 0 aliphatic carbocycles. The molecule has 0 spiro atoms. The predicted molar refractivity (Wildman–Crippen MR) is 114 cm³/mol. The van der Waals surface area contributed by atoms with Crippen molar-refractivity contribution >= 4 is 42.2 Å². The average Bonchev–Trinajstić information content (AvgIpc) is 2.84. The summed E-state index contributed by atoms with van der Waals surface area (Å²) in [6, 6.07) is -0.524. The maximum Gasteiger partial charge on any atom is 0.120 e. The van der Waals surface area contributed by atoms with E-state index in [0.717, 1.165) is 38.3 Å². The van der Waals surface area contributed by atoms with Crippen molar-refractivity contribution < 1.29 is 13.8 Å². The summed E-state index contributed by atoms with van der Waals surface area (Å²) in [5, 5.41) is -0.679. The van der Waals surface area contributed by atoms with Crippen LogP contribution in [0.25, 0.3) is 0 Å². The summed E-state index contributed by atoms with van der Waals surface area (Å²) in [6.07, 6.45) is 5.91.